The Morgan fingerprint density at radius 3 is 2.72 bits per heavy atom. The van der Waals surface area contributed by atoms with Gasteiger partial charge in [0.15, 0.2) is 0 Å². The van der Waals surface area contributed by atoms with Crippen LogP contribution in [0.15, 0.2) is 18.2 Å². The van der Waals surface area contributed by atoms with Gasteiger partial charge >= 0.3 is 0 Å². The molecule has 0 spiro atoms. The molecule has 0 aromatic heterocycles. The first-order valence-electron chi connectivity index (χ1n) is 5.98. The van der Waals surface area contributed by atoms with E-state index in [0.717, 1.165) is 25.9 Å². The third kappa shape index (κ3) is 3.00. The van der Waals surface area contributed by atoms with E-state index in [9.17, 15) is 9.18 Å². The van der Waals surface area contributed by atoms with Crippen molar-refractivity contribution in [2.45, 2.75) is 25.3 Å². The number of halogens is 2. The molecule has 5 heteroatoms. The van der Waals surface area contributed by atoms with Crippen LogP contribution in [-0.4, -0.2) is 24.5 Å². The standard InChI is InChI=1S/C13H16ClFN2O/c1-13(4-6-16-7-5-13)17-12(18)9-2-3-11(15)10(14)8-9/h2-3,8,16H,4-7H2,1H3,(H,17,18). The summed E-state index contributed by atoms with van der Waals surface area (Å²) in [6, 6.07) is 4.01. The number of piperidine rings is 1. The molecule has 0 aliphatic carbocycles. The van der Waals surface area contributed by atoms with Gasteiger partial charge in [-0.25, -0.2) is 4.39 Å². The molecule has 1 heterocycles. The van der Waals surface area contributed by atoms with Gasteiger partial charge in [-0.2, -0.15) is 0 Å². The minimum Gasteiger partial charge on any atom is -0.347 e. The van der Waals surface area contributed by atoms with Crippen LogP contribution >= 0.6 is 11.6 Å². The van der Waals surface area contributed by atoms with Crippen LogP contribution in [0.25, 0.3) is 0 Å². The minimum absolute atomic E-state index is 0.0295. The average Bonchev–Trinajstić information content (AvgIpc) is 2.33. The van der Waals surface area contributed by atoms with Gasteiger partial charge in [-0.1, -0.05) is 11.6 Å². The molecule has 0 saturated carbocycles. The van der Waals surface area contributed by atoms with E-state index in [1.807, 2.05) is 6.92 Å². The number of carbonyl (C=O) groups excluding carboxylic acids is 1. The maximum atomic E-state index is 13.0. The van der Waals surface area contributed by atoms with Crippen LogP contribution in [-0.2, 0) is 0 Å². The first-order chi connectivity index (χ1) is 8.50. The molecule has 0 bridgehead atoms. The summed E-state index contributed by atoms with van der Waals surface area (Å²) < 4.78 is 13.0. The van der Waals surface area contributed by atoms with E-state index >= 15 is 0 Å². The molecule has 2 N–H and O–H groups in total. The van der Waals surface area contributed by atoms with Crippen LogP contribution in [0.5, 0.6) is 0 Å². The monoisotopic (exact) mass is 270 g/mol. The quantitative estimate of drug-likeness (QED) is 0.866. The molecular formula is C13H16ClFN2O. The Kier molecular flexibility index (Phi) is 3.88. The zero-order chi connectivity index (χ0) is 13.2. The van der Waals surface area contributed by atoms with E-state index in [1.54, 1.807) is 0 Å². The van der Waals surface area contributed by atoms with Crippen molar-refractivity contribution in [3.05, 3.63) is 34.6 Å². The summed E-state index contributed by atoms with van der Waals surface area (Å²) >= 11 is 5.67. The molecule has 1 aromatic carbocycles. The maximum absolute atomic E-state index is 13.0. The molecule has 1 aromatic rings. The minimum atomic E-state index is -0.513. The predicted octanol–water partition coefficient (Wildman–Crippen LogP) is 2.35. The molecule has 1 aliphatic rings. The van der Waals surface area contributed by atoms with Crippen molar-refractivity contribution in [2.75, 3.05) is 13.1 Å². The van der Waals surface area contributed by atoms with Gasteiger partial charge in [0, 0.05) is 11.1 Å². The van der Waals surface area contributed by atoms with Crippen molar-refractivity contribution < 1.29 is 9.18 Å². The van der Waals surface area contributed by atoms with Gasteiger partial charge in [-0.05, 0) is 51.1 Å². The third-order valence-electron chi connectivity index (χ3n) is 3.30. The highest BCUT2D eigenvalue weighted by molar-refractivity contribution is 6.31. The van der Waals surface area contributed by atoms with Crippen molar-refractivity contribution in [2.24, 2.45) is 0 Å². The van der Waals surface area contributed by atoms with Gasteiger partial charge in [-0.15, -0.1) is 0 Å². The molecule has 2 rings (SSSR count). The van der Waals surface area contributed by atoms with Crippen molar-refractivity contribution in [1.29, 1.82) is 0 Å². The van der Waals surface area contributed by atoms with Gasteiger partial charge in [0.25, 0.3) is 5.91 Å². The van der Waals surface area contributed by atoms with Gasteiger partial charge in [0.1, 0.15) is 5.82 Å². The Morgan fingerprint density at radius 1 is 1.44 bits per heavy atom. The van der Waals surface area contributed by atoms with E-state index < -0.39 is 5.82 Å². The largest absolute Gasteiger partial charge is 0.347 e. The molecule has 1 aliphatic heterocycles. The molecule has 0 unspecified atom stereocenters. The summed E-state index contributed by atoms with van der Waals surface area (Å²) in [6.45, 7) is 3.80. The summed E-state index contributed by atoms with van der Waals surface area (Å²) in [5, 5.41) is 6.22. The lowest BCUT2D eigenvalue weighted by Gasteiger charge is -2.35. The maximum Gasteiger partial charge on any atom is 0.251 e. The Labute approximate surface area is 111 Å². The smallest absolute Gasteiger partial charge is 0.251 e. The number of amides is 1. The zero-order valence-electron chi connectivity index (χ0n) is 10.2. The van der Waals surface area contributed by atoms with Crippen molar-refractivity contribution in [1.82, 2.24) is 10.6 Å². The lowest BCUT2D eigenvalue weighted by molar-refractivity contribution is 0.0887. The molecule has 98 valence electrons. The van der Waals surface area contributed by atoms with Gasteiger partial charge in [-0.3, -0.25) is 4.79 Å². The highest BCUT2D eigenvalue weighted by Crippen LogP contribution is 2.20. The number of hydrogen-bond donors (Lipinski definition) is 2. The predicted molar refractivity (Wildman–Crippen MR) is 69.4 cm³/mol. The van der Waals surface area contributed by atoms with E-state index in [4.69, 9.17) is 11.6 Å². The lowest BCUT2D eigenvalue weighted by atomic mass is 9.90. The second-order valence-corrected chi connectivity index (χ2v) is 5.30. The molecule has 1 saturated heterocycles. The van der Waals surface area contributed by atoms with Crippen LogP contribution in [0.3, 0.4) is 0 Å². The van der Waals surface area contributed by atoms with Crippen LogP contribution in [0.2, 0.25) is 5.02 Å². The fourth-order valence-corrected chi connectivity index (χ4v) is 2.27. The van der Waals surface area contributed by atoms with E-state index in [-0.39, 0.29) is 16.5 Å². The van der Waals surface area contributed by atoms with Crippen LogP contribution in [0.1, 0.15) is 30.1 Å². The summed E-state index contributed by atoms with van der Waals surface area (Å²) in [5.74, 6) is -0.720. The van der Waals surface area contributed by atoms with Crippen LogP contribution in [0.4, 0.5) is 4.39 Å². The molecule has 1 amide bonds. The first kappa shape index (κ1) is 13.3. The van der Waals surface area contributed by atoms with Gasteiger partial charge in [0.2, 0.25) is 0 Å². The van der Waals surface area contributed by atoms with E-state index in [2.05, 4.69) is 10.6 Å². The lowest BCUT2D eigenvalue weighted by Crippen LogP contribution is -2.52. The number of rotatable bonds is 2. The molecule has 18 heavy (non-hydrogen) atoms. The summed E-state index contributed by atoms with van der Waals surface area (Å²) in [6.07, 6.45) is 1.77. The molecular weight excluding hydrogens is 255 g/mol. The average molecular weight is 271 g/mol. The van der Waals surface area contributed by atoms with E-state index in [0.29, 0.717) is 5.56 Å². The topological polar surface area (TPSA) is 41.1 Å². The van der Waals surface area contributed by atoms with Crippen LogP contribution in [0, 0.1) is 5.82 Å². The molecule has 1 fully saturated rings. The van der Waals surface area contributed by atoms with Crippen molar-refractivity contribution in [3.63, 3.8) is 0 Å². The number of benzene rings is 1. The highest BCUT2D eigenvalue weighted by atomic mass is 35.5. The summed E-state index contributed by atoms with van der Waals surface area (Å²) in [7, 11) is 0. The fraction of sp³-hybridized carbons (Fsp3) is 0.462. The van der Waals surface area contributed by atoms with E-state index in [1.165, 1.54) is 18.2 Å². The Hall–Kier alpha value is -1.13. The molecule has 0 radical (unpaired) electrons. The van der Waals surface area contributed by atoms with Gasteiger partial charge < -0.3 is 10.6 Å². The first-order valence-corrected chi connectivity index (χ1v) is 6.36. The van der Waals surface area contributed by atoms with Gasteiger partial charge in [0.05, 0.1) is 5.02 Å². The van der Waals surface area contributed by atoms with Crippen LogP contribution < -0.4 is 10.6 Å². The number of nitrogens with one attached hydrogen (secondary N) is 2. The fourth-order valence-electron chi connectivity index (χ4n) is 2.09. The Bertz CT molecular complexity index is 458. The summed E-state index contributed by atoms with van der Waals surface area (Å²) in [4.78, 5) is 12.1. The second-order valence-electron chi connectivity index (χ2n) is 4.89. The van der Waals surface area contributed by atoms with Crippen molar-refractivity contribution in [3.8, 4) is 0 Å². The highest BCUT2D eigenvalue weighted by Gasteiger charge is 2.28. The third-order valence-corrected chi connectivity index (χ3v) is 3.59. The zero-order valence-corrected chi connectivity index (χ0v) is 11.0. The number of carbonyl (C=O) groups is 1. The SMILES string of the molecule is CC1(NC(=O)c2ccc(F)c(Cl)c2)CCNCC1. The summed E-state index contributed by atoms with van der Waals surface area (Å²) in [5.41, 5.74) is 0.185. The number of hydrogen-bond acceptors (Lipinski definition) is 2. The normalized spacial score (nSPS) is 18.4. The molecule has 0 atom stereocenters. The Morgan fingerprint density at radius 2 is 2.11 bits per heavy atom. The Balaban J connectivity index is 2.09. The molecule has 3 nitrogen and oxygen atoms in total. The van der Waals surface area contributed by atoms with Crippen molar-refractivity contribution >= 4 is 17.5 Å². The second kappa shape index (κ2) is 5.24.